The quantitative estimate of drug-likeness (QED) is 0.374. The largest absolute Gasteiger partial charge is 0.444 e. The van der Waals surface area contributed by atoms with E-state index in [-0.39, 0.29) is 17.7 Å². The van der Waals surface area contributed by atoms with Crippen molar-refractivity contribution >= 4 is 23.6 Å². The van der Waals surface area contributed by atoms with Crippen molar-refractivity contribution in [2.24, 2.45) is 5.92 Å². The molecule has 0 spiro atoms. The summed E-state index contributed by atoms with van der Waals surface area (Å²) in [5, 5.41) is 5.83. The van der Waals surface area contributed by atoms with Gasteiger partial charge in [0.05, 0.1) is 0 Å². The summed E-state index contributed by atoms with van der Waals surface area (Å²) in [4.78, 5) is 42.4. The van der Waals surface area contributed by atoms with Crippen molar-refractivity contribution in [2.75, 3.05) is 11.9 Å². The standard InChI is InChI=1S/C31H45N3O4/c1-10-15-34(29(36)26(16-20(2)3)33-30(37)38-31(7,8)9)27(24-18-21(4)17-22(5)19-24)28(35)32-25-14-12-11-13-23(25)6/h11-14,17-20,26-27H,10,15-16H2,1-9H3,(H,32,35)(H,33,37). The van der Waals surface area contributed by atoms with E-state index in [1.54, 1.807) is 25.7 Å². The Bertz CT molecular complexity index is 1100. The zero-order chi connectivity index (χ0) is 28.6. The first kappa shape index (κ1) is 30.9. The molecule has 0 heterocycles. The number of benzene rings is 2. The maximum absolute atomic E-state index is 14.2. The highest BCUT2D eigenvalue weighted by molar-refractivity contribution is 5.99. The smallest absolute Gasteiger partial charge is 0.408 e. The third-order valence-electron chi connectivity index (χ3n) is 5.97. The van der Waals surface area contributed by atoms with Crippen LogP contribution in [-0.4, -0.2) is 41.0 Å². The number of nitrogens with one attached hydrogen (secondary N) is 2. The molecule has 0 bridgehead atoms. The van der Waals surface area contributed by atoms with Crippen LogP contribution >= 0.6 is 0 Å². The number of hydrogen-bond donors (Lipinski definition) is 2. The van der Waals surface area contributed by atoms with Crippen LogP contribution < -0.4 is 10.6 Å². The second kappa shape index (κ2) is 13.4. The van der Waals surface area contributed by atoms with Gasteiger partial charge in [0.2, 0.25) is 5.91 Å². The third kappa shape index (κ3) is 9.19. The van der Waals surface area contributed by atoms with Gasteiger partial charge in [-0.3, -0.25) is 9.59 Å². The number of rotatable bonds is 10. The molecule has 0 fully saturated rings. The second-order valence-corrected chi connectivity index (χ2v) is 11.5. The molecule has 208 valence electrons. The first-order chi connectivity index (χ1) is 17.7. The Labute approximate surface area is 228 Å². The SMILES string of the molecule is CCCN(C(=O)C(CC(C)C)NC(=O)OC(C)(C)C)C(C(=O)Nc1ccccc1C)c1cc(C)cc(C)c1. The molecule has 0 aromatic heterocycles. The zero-order valence-electron chi connectivity index (χ0n) is 24.5. The summed E-state index contributed by atoms with van der Waals surface area (Å²) in [5.74, 6) is -0.481. The van der Waals surface area contributed by atoms with Crippen LogP contribution in [0.15, 0.2) is 42.5 Å². The van der Waals surface area contributed by atoms with E-state index in [2.05, 4.69) is 10.6 Å². The number of aryl methyl sites for hydroxylation is 3. The molecule has 0 saturated carbocycles. The molecular formula is C31H45N3O4. The molecule has 0 aliphatic carbocycles. The summed E-state index contributed by atoms with van der Waals surface area (Å²) < 4.78 is 5.46. The highest BCUT2D eigenvalue weighted by Crippen LogP contribution is 2.28. The van der Waals surface area contributed by atoms with Gasteiger partial charge in [-0.25, -0.2) is 4.79 Å². The zero-order valence-corrected chi connectivity index (χ0v) is 24.5. The number of nitrogens with zero attached hydrogens (tertiary/aromatic N) is 1. The summed E-state index contributed by atoms with van der Waals surface area (Å²) in [7, 11) is 0. The van der Waals surface area contributed by atoms with Crippen molar-refractivity contribution in [3.8, 4) is 0 Å². The number of alkyl carbamates (subject to hydrolysis) is 1. The molecule has 2 rings (SSSR count). The molecule has 0 radical (unpaired) electrons. The van der Waals surface area contributed by atoms with E-state index in [1.807, 2.05) is 84.0 Å². The van der Waals surface area contributed by atoms with Gasteiger partial charge in [0.15, 0.2) is 0 Å². The van der Waals surface area contributed by atoms with Crippen molar-refractivity contribution in [2.45, 2.75) is 92.8 Å². The lowest BCUT2D eigenvalue weighted by Gasteiger charge is -2.35. The summed E-state index contributed by atoms with van der Waals surface area (Å²) in [5.41, 5.74) is 3.66. The van der Waals surface area contributed by atoms with Crippen LogP contribution in [0.2, 0.25) is 0 Å². The minimum atomic E-state index is -0.879. The fourth-order valence-electron chi connectivity index (χ4n) is 4.51. The van der Waals surface area contributed by atoms with E-state index in [4.69, 9.17) is 4.74 Å². The van der Waals surface area contributed by atoms with Crippen molar-refractivity contribution < 1.29 is 19.1 Å². The molecule has 0 saturated heterocycles. The lowest BCUT2D eigenvalue weighted by Crippen LogP contribution is -2.53. The number of ether oxygens (including phenoxy) is 1. The molecule has 7 nitrogen and oxygen atoms in total. The van der Waals surface area contributed by atoms with Crippen molar-refractivity contribution in [1.82, 2.24) is 10.2 Å². The van der Waals surface area contributed by atoms with Gasteiger partial charge in [-0.1, -0.05) is 68.3 Å². The number of amides is 3. The fourth-order valence-corrected chi connectivity index (χ4v) is 4.51. The van der Waals surface area contributed by atoms with E-state index in [0.29, 0.717) is 25.1 Å². The van der Waals surface area contributed by atoms with E-state index in [9.17, 15) is 14.4 Å². The number of anilines is 1. The predicted molar refractivity (Wildman–Crippen MR) is 153 cm³/mol. The molecule has 0 aliphatic heterocycles. The summed E-state index contributed by atoms with van der Waals surface area (Å²) in [6.45, 7) is 17.5. The van der Waals surface area contributed by atoms with Gasteiger partial charge < -0.3 is 20.3 Å². The fraction of sp³-hybridized carbons (Fsp3) is 0.516. The summed E-state index contributed by atoms with van der Waals surface area (Å²) >= 11 is 0. The van der Waals surface area contributed by atoms with Crippen molar-refractivity contribution in [3.05, 3.63) is 64.7 Å². The first-order valence-electron chi connectivity index (χ1n) is 13.5. The molecule has 2 aromatic carbocycles. The molecule has 2 atom stereocenters. The van der Waals surface area contributed by atoms with Crippen LogP contribution in [0.1, 0.15) is 82.7 Å². The minimum absolute atomic E-state index is 0.128. The Morgan fingerprint density at radius 1 is 0.974 bits per heavy atom. The van der Waals surface area contributed by atoms with Crippen LogP contribution in [0.4, 0.5) is 10.5 Å². The highest BCUT2D eigenvalue weighted by Gasteiger charge is 2.36. The van der Waals surface area contributed by atoms with E-state index < -0.39 is 23.8 Å². The van der Waals surface area contributed by atoms with Crippen LogP contribution in [0.3, 0.4) is 0 Å². The first-order valence-corrected chi connectivity index (χ1v) is 13.5. The molecule has 0 aliphatic rings. The van der Waals surface area contributed by atoms with Crippen LogP contribution in [0.25, 0.3) is 0 Å². The lowest BCUT2D eigenvalue weighted by molar-refractivity contribution is -0.141. The highest BCUT2D eigenvalue weighted by atomic mass is 16.6. The van der Waals surface area contributed by atoms with E-state index >= 15 is 0 Å². The average molecular weight is 524 g/mol. The van der Waals surface area contributed by atoms with Crippen LogP contribution in [0, 0.1) is 26.7 Å². The minimum Gasteiger partial charge on any atom is -0.444 e. The van der Waals surface area contributed by atoms with Crippen LogP contribution in [-0.2, 0) is 14.3 Å². The maximum Gasteiger partial charge on any atom is 0.408 e. The number of carbonyl (C=O) groups excluding carboxylic acids is 3. The Balaban J connectivity index is 2.55. The molecule has 38 heavy (non-hydrogen) atoms. The Hall–Kier alpha value is -3.35. The average Bonchev–Trinajstić information content (AvgIpc) is 2.77. The van der Waals surface area contributed by atoms with Crippen LogP contribution in [0.5, 0.6) is 0 Å². The number of para-hydroxylation sites is 1. The second-order valence-electron chi connectivity index (χ2n) is 11.5. The molecule has 2 N–H and O–H groups in total. The third-order valence-corrected chi connectivity index (χ3v) is 5.97. The molecule has 3 amide bonds. The molecule has 2 unspecified atom stereocenters. The molecular weight excluding hydrogens is 478 g/mol. The Morgan fingerprint density at radius 3 is 2.11 bits per heavy atom. The normalized spacial score (nSPS) is 13.0. The van der Waals surface area contributed by atoms with Crippen molar-refractivity contribution in [1.29, 1.82) is 0 Å². The predicted octanol–water partition coefficient (Wildman–Crippen LogP) is 6.47. The Kier molecular flexibility index (Phi) is 10.9. The maximum atomic E-state index is 14.2. The monoisotopic (exact) mass is 523 g/mol. The molecule has 7 heteroatoms. The Morgan fingerprint density at radius 2 is 1.58 bits per heavy atom. The van der Waals surface area contributed by atoms with Gasteiger partial charge >= 0.3 is 6.09 Å². The summed E-state index contributed by atoms with van der Waals surface area (Å²) in [6.07, 6.45) is 0.406. The topological polar surface area (TPSA) is 87.7 Å². The van der Waals surface area contributed by atoms with E-state index in [1.165, 1.54) is 0 Å². The van der Waals surface area contributed by atoms with Gasteiger partial charge in [0, 0.05) is 12.2 Å². The van der Waals surface area contributed by atoms with E-state index in [0.717, 1.165) is 22.3 Å². The van der Waals surface area contributed by atoms with Gasteiger partial charge in [0.25, 0.3) is 5.91 Å². The van der Waals surface area contributed by atoms with Gasteiger partial charge in [0.1, 0.15) is 17.7 Å². The van der Waals surface area contributed by atoms with Gasteiger partial charge in [-0.15, -0.1) is 0 Å². The number of carbonyl (C=O) groups is 3. The van der Waals surface area contributed by atoms with Crippen molar-refractivity contribution in [3.63, 3.8) is 0 Å². The lowest BCUT2D eigenvalue weighted by atomic mass is 9.96. The summed E-state index contributed by atoms with van der Waals surface area (Å²) in [6, 6.07) is 11.8. The van der Waals surface area contributed by atoms with Gasteiger partial charge in [-0.05, 0) is 77.5 Å². The number of hydrogen-bond acceptors (Lipinski definition) is 4. The van der Waals surface area contributed by atoms with Gasteiger partial charge in [-0.2, -0.15) is 0 Å². The molecule has 2 aromatic rings.